The fourth-order valence-corrected chi connectivity index (χ4v) is 5.29. The van der Waals surface area contributed by atoms with E-state index in [0.717, 1.165) is 4.31 Å². The molecule has 1 aliphatic heterocycles. The third-order valence-electron chi connectivity index (χ3n) is 5.71. The van der Waals surface area contributed by atoms with Crippen LogP contribution in [0.3, 0.4) is 0 Å². The van der Waals surface area contributed by atoms with Crippen molar-refractivity contribution in [3.05, 3.63) is 54.6 Å². The van der Waals surface area contributed by atoms with Gasteiger partial charge in [-0.1, -0.05) is 0 Å². The monoisotopic (exact) mass is 544 g/mol. The second-order valence-corrected chi connectivity index (χ2v) is 9.84. The summed E-state index contributed by atoms with van der Waals surface area (Å²) in [6.45, 7) is 0.246. The van der Waals surface area contributed by atoms with Crippen LogP contribution in [0.4, 0.5) is 11.4 Å². The van der Waals surface area contributed by atoms with Gasteiger partial charge < -0.3 is 33.7 Å². The molecule has 0 aliphatic carbocycles. The van der Waals surface area contributed by atoms with Gasteiger partial charge in [0.15, 0.2) is 23.0 Å². The van der Waals surface area contributed by atoms with E-state index in [1.807, 2.05) is 0 Å². The summed E-state index contributed by atoms with van der Waals surface area (Å²) in [5, 5.41) is 2.73. The topological polar surface area (TPSA) is 122 Å². The lowest BCUT2D eigenvalue weighted by molar-refractivity contribution is -0.114. The van der Waals surface area contributed by atoms with Crippen LogP contribution in [0, 0.1) is 0 Å². The van der Waals surface area contributed by atoms with Crippen LogP contribution in [0.25, 0.3) is 0 Å². The first-order chi connectivity index (χ1) is 18.3. The molecule has 0 radical (unpaired) electrons. The van der Waals surface area contributed by atoms with Crippen molar-refractivity contribution >= 4 is 27.3 Å². The number of methoxy groups -OCH3 is 4. The quantitative estimate of drug-likeness (QED) is 0.410. The fraction of sp³-hybridized carbons (Fsp3) is 0.269. The van der Waals surface area contributed by atoms with Crippen molar-refractivity contribution in [2.45, 2.75) is 4.90 Å². The van der Waals surface area contributed by atoms with Gasteiger partial charge in [0.25, 0.3) is 10.0 Å². The Balaban J connectivity index is 1.73. The van der Waals surface area contributed by atoms with Crippen LogP contribution in [-0.2, 0) is 14.8 Å². The summed E-state index contributed by atoms with van der Waals surface area (Å²) in [6, 6.07) is 13.8. The summed E-state index contributed by atoms with van der Waals surface area (Å²) >= 11 is 0. The second kappa shape index (κ2) is 11.4. The maximum atomic E-state index is 14.0. The van der Waals surface area contributed by atoms with Gasteiger partial charge in [0.2, 0.25) is 5.91 Å². The van der Waals surface area contributed by atoms with Gasteiger partial charge in [-0.3, -0.25) is 9.10 Å². The molecule has 0 atom stereocenters. The predicted octanol–water partition coefficient (Wildman–Crippen LogP) is 3.33. The molecule has 38 heavy (non-hydrogen) atoms. The number of carbonyl (C=O) groups excluding carboxylic acids is 1. The lowest BCUT2D eigenvalue weighted by Gasteiger charge is -2.26. The maximum Gasteiger partial charge on any atom is 0.265 e. The van der Waals surface area contributed by atoms with Crippen LogP contribution in [0.1, 0.15) is 0 Å². The number of anilines is 2. The van der Waals surface area contributed by atoms with Gasteiger partial charge in [0.1, 0.15) is 31.3 Å². The largest absolute Gasteiger partial charge is 0.497 e. The molecule has 1 heterocycles. The number of ether oxygens (including phenoxy) is 6. The average molecular weight is 545 g/mol. The Morgan fingerprint density at radius 3 is 2.18 bits per heavy atom. The first-order valence-corrected chi connectivity index (χ1v) is 12.9. The zero-order valence-electron chi connectivity index (χ0n) is 21.3. The Bertz CT molecular complexity index is 1430. The van der Waals surface area contributed by atoms with Gasteiger partial charge in [0, 0.05) is 23.9 Å². The van der Waals surface area contributed by atoms with E-state index in [1.54, 1.807) is 30.3 Å². The molecular formula is C26H28N2O9S. The number of amides is 1. The van der Waals surface area contributed by atoms with Gasteiger partial charge >= 0.3 is 0 Å². The number of nitrogens with zero attached hydrogens (tertiary/aromatic N) is 1. The van der Waals surface area contributed by atoms with Gasteiger partial charge in [-0.25, -0.2) is 8.42 Å². The van der Waals surface area contributed by atoms with Crippen LogP contribution in [0.5, 0.6) is 34.5 Å². The second-order valence-electron chi connectivity index (χ2n) is 7.97. The molecule has 1 N–H and O–H groups in total. The molecule has 12 heteroatoms. The Morgan fingerprint density at radius 1 is 0.816 bits per heavy atom. The molecule has 1 amide bonds. The van der Waals surface area contributed by atoms with Gasteiger partial charge in [-0.2, -0.15) is 0 Å². The van der Waals surface area contributed by atoms with Crippen molar-refractivity contribution in [3.63, 3.8) is 0 Å². The van der Waals surface area contributed by atoms with Crippen molar-refractivity contribution in [2.24, 2.45) is 0 Å². The highest BCUT2D eigenvalue weighted by atomic mass is 32.2. The van der Waals surface area contributed by atoms with E-state index in [2.05, 4.69) is 5.32 Å². The van der Waals surface area contributed by atoms with Crippen LogP contribution in [0.15, 0.2) is 59.5 Å². The van der Waals surface area contributed by atoms with Crippen molar-refractivity contribution in [2.75, 3.05) is 57.8 Å². The molecule has 1 aliphatic rings. The Kier molecular flexibility index (Phi) is 8.01. The van der Waals surface area contributed by atoms with E-state index in [0.29, 0.717) is 41.9 Å². The molecule has 0 unspecified atom stereocenters. The van der Waals surface area contributed by atoms with Crippen molar-refractivity contribution in [1.82, 2.24) is 0 Å². The Hall–Kier alpha value is -4.32. The highest BCUT2D eigenvalue weighted by Crippen LogP contribution is 2.38. The summed E-state index contributed by atoms with van der Waals surface area (Å²) in [6.07, 6.45) is 0. The van der Waals surface area contributed by atoms with Gasteiger partial charge in [-0.15, -0.1) is 0 Å². The first-order valence-electron chi connectivity index (χ1n) is 11.5. The molecule has 0 bridgehead atoms. The molecule has 0 saturated heterocycles. The minimum Gasteiger partial charge on any atom is -0.497 e. The number of hydrogen-bond donors (Lipinski definition) is 1. The summed E-state index contributed by atoms with van der Waals surface area (Å²) in [5.74, 6) is 1.62. The van der Waals surface area contributed by atoms with Gasteiger partial charge in [-0.05, 0) is 36.4 Å². The number of fused-ring (bicyclic) bond motifs is 1. The van der Waals surface area contributed by atoms with Crippen LogP contribution in [-0.4, -0.2) is 62.5 Å². The predicted molar refractivity (Wildman–Crippen MR) is 140 cm³/mol. The fourth-order valence-electron chi connectivity index (χ4n) is 3.85. The van der Waals surface area contributed by atoms with Crippen LogP contribution >= 0.6 is 0 Å². The number of benzene rings is 3. The number of nitrogens with one attached hydrogen (secondary N) is 1. The highest BCUT2D eigenvalue weighted by Gasteiger charge is 2.31. The van der Waals surface area contributed by atoms with Crippen molar-refractivity contribution < 1.29 is 41.6 Å². The molecule has 202 valence electrons. The Morgan fingerprint density at radius 2 is 1.50 bits per heavy atom. The van der Waals surface area contributed by atoms with E-state index < -0.39 is 22.5 Å². The zero-order chi connectivity index (χ0) is 27.3. The number of sulfonamides is 1. The lowest BCUT2D eigenvalue weighted by atomic mass is 10.2. The standard InChI is InChI=1S/C26H28N2O9S/c1-32-18-6-9-21(33-2)20(14-18)28(38(30,31)19-7-10-22(34-3)24(15-19)35-4)16-26(29)27-17-5-8-23-25(13-17)37-12-11-36-23/h5-10,13-15H,11-12,16H2,1-4H3,(H,27,29). The molecule has 0 fully saturated rings. The lowest BCUT2D eigenvalue weighted by Crippen LogP contribution is -2.38. The summed E-state index contributed by atoms with van der Waals surface area (Å²) in [5.41, 5.74) is 0.527. The normalized spacial score (nSPS) is 12.3. The molecule has 0 spiro atoms. The number of rotatable bonds is 10. The van der Waals surface area contributed by atoms with Crippen LogP contribution in [0.2, 0.25) is 0 Å². The van der Waals surface area contributed by atoms with E-state index in [4.69, 9.17) is 28.4 Å². The summed E-state index contributed by atoms with van der Waals surface area (Å²) < 4.78 is 61.2. The van der Waals surface area contributed by atoms with Gasteiger partial charge in [0.05, 0.1) is 39.0 Å². The summed E-state index contributed by atoms with van der Waals surface area (Å²) in [7, 11) is 1.39. The third kappa shape index (κ3) is 5.49. The summed E-state index contributed by atoms with van der Waals surface area (Å²) in [4.78, 5) is 13.1. The number of carbonyl (C=O) groups is 1. The molecular weight excluding hydrogens is 516 g/mol. The SMILES string of the molecule is COc1ccc(OC)c(N(CC(=O)Nc2ccc3c(c2)OCCO3)S(=O)(=O)c2ccc(OC)c(OC)c2)c1. The number of hydrogen-bond acceptors (Lipinski definition) is 9. The minimum atomic E-state index is -4.31. The molecule has 0 aromatic heterocycles. The van der Waals surface area contributed by atoms with Crippen LogP contribution < -0.4 is 38.0 Å². The molecule has 11 nitrogen and oxygen atoms in total. The first kappa shape index (κ1) is 26.7. The molecule has 4 rings (SSSR count). The molecule has 3 aromatic rings. The van der Waals surface area contributed by atoms with E-state index in [9.17, 15) is 13.2 Å². The third-order valence-corrected chi connectivity index (χ3v) is 7.47. The van der Waals surface area contributed by atoms with Crippen molar-refractivity contribution in [1.29, 1.82) is 0 Å². The van der Waals surface area contributed by atoms with Crippen molar-refractivity contribution in [3.8, 4) is 34.5 Å². The molecule has 3 aromatic carbocycles. The smallest absolute Gasteiger partial charge is 0.265 e. The average Bonchev–Trinajstić information content (AvgIpc) is 2.94. The minimum absolute atomic E-state index is 0.110. The van der Waals surface area contributed by atoms with E-state index >= 15 is 0 Å². The molecule has 0 saturated carbocycles. The zero-order valence-corrected chi connectivity index (χ0v) is 22.2. The maximum absolute atomic E-state index is 14.0. The van der Waals surface area contributed by atoms with E-state index in [1.165, 1.54) is 52.7 Å². The van der Waals surface area contributed by atoms with E-state index in [-0.39, 0.29) is 22.1 Å². The Labute approximate surface area is 220 Å². The highest BCUT2D eigenvalue weighted by molar-refractivity contribution is 7.92.